The van der Waals surface area contributed by atoms with Crippen molar-refractivity contribution in [2.24, 2.45) is 0 Å². The van der Waals surface area contributed by atoms with E-state index in [4.69, 9.17) is 0 Å². The van der Waals surface area contributed by atoms with Crippen LogP contribution in [0.15, 0.2) is 42.5 Å². The molecule has 0 aliphatic carbocycles. The zero-order valence-electron chi connectivity index (χ0n) is 12.5. The Labute approximate surface area is 135 Å². The van der Waals surface area contributed by atoms with Crippen LogP contribution in [0.1, 0.15) is 17.3 Å². The first kappa shape index (κ1) is 17.3. The van der Waals surface area contributed by atoms with Crippen LogP contribution in [0.25, 0.3) is 0 Å². The molecule has 0 saturated heterocycles. The lowest BCUT2D eigenvalue weighted by Gasteiger charge is -2.09. The number of carbonyl (C=O) groups is 2. The molecule has 0 atom stereocenters. The molecule has 0 radical (unpaired) electrons. The Morgan fingerprint density at radius 1 is 1.04 bits per heavy atom. The van der Waals surface area contributed by atoms with Crippen LogP contribution in [-0.2, 0) is 4.79 Å². The highest BCUT2D eigenvalue weighted by atomic mass is 19.3. The van der Waals surface area contributed by atoms with Gasteiger partial charge in [0, 0.05) is 18.2 Å². The van der Waals surface area contributed by atoms with Gasteiger partial charge in [0.25, 0.3) is 5.91 Å². The van der Waals surface area contributed by atoms with Gasteiger partial charge in [-0.05, 0) is 42.5 Å². The lowest BCUT2D eigenvalue weighted by Crippen LogP contribution is -2.13. The molecule has 0 bridgehead atoms. The first-order valence-corrected chi connectivity index (χ1v) is 6.78. The van der Waals surface area contributed by atoms with Crippen molar-refractivity contribution in [3.8, 4) is 5.75 Å². The van der Waals surface area contributed by atoms with Crippen molar-refractivity contribution in [3.05, 3.63) is 53.8 Å². The monoisotopic (exact) mass is 338 g/mol. The molecule has 2 N–H and O–H groups in total. The van der Waals surface area contributed by atoms with E-state index in [0.717, 1.165) is 6.07 Å². The number of hydrogen-bond acceptors (Lipinski definition) is 3. The number of rotatable bonds is 5. The Morgan fingerprint density at radius 2 is 1.71 bits per heavy atom. The molecule has 24 heavy (non-hydrogen) atoms. The van der Waals surface area contributed by atoms with Gasteiger partial charge >= 0.3 is 6.61 Å². The second-order valence-corrected chi connectivity index (χ2v) is 4.73. The highest BCUT2D eigenvalue weighted by Crippen LogP contribution is 2.21. The van der Waals surface area contributed by atoms with E-state index in [1.54, 1.807) is 0 Å². The summed E-state index contributed by atoms with van der Waals surface area (Å²) in [6, 6.07) is 8.77. The van der Waals surface area contributed by atoms with Gasteiger partial charge in [-0.1, -0.05) is 0 Å². The number of benzene rings is 2. The van der Waals surface area contributed by atoms with E-state index in [-0.39, 0.29) is 22.7 Å². The number of halogens is 3. The van der Waals surface area contributed by atoms with Crippen LogP contribution >= 0.6 is 0 Å². The fourth-order valence-corrected chi connectivity index (χ4v) is 1.88. The Bertz CT molecular complexity index is 749. The zero-order chi connectivity index (χ0) is 17.7. The highest BCUT2D eigenvalue weighted by Gasteiger charge is 2.10. The van der Waals surface area contributed by atoms with Gasteiger partial charge < -0.3 is 15.4 Å². The van der Waals surface area contributed by atoms with Crippen molar-refractivity contribution in [1.29, 1.82) is 0 Å². The standard InChI is InChI=1S/C16H13F3N2O3/c1-9(22)20-14-8-11(4-7-13(14)17)21-15(23)10-2-5-12(6-3-10)24-16(18)19/h2-8,16H,1H3,(H,20,22)(H,21,23). The number of carbonyl (C=O) groups excluding carboxylic acids is 2. The topological polar surface area (TPSA) is 67.4 Å². The minimum atomic E-state index is -2.95. The molecule has 0 aromatic heterocycles. The summed E-state index contributed by atoms with van der Waals surface area (Å²) in [4.78, 5) is 23.1. The summed E-state index contributed by atoms with van der Waals surface area (Å²) in [5, 5.41) is 4.81. The van der Waals surface area contributed by atoms with Crippen molar-refractivity contribution < 1.29 is 27.5 Å². The average molecular weight is 338 g/mol. The van der Waals surface area contributed by atoms with Crippen molar-refractivity contribution >= 4 is 23.2 Å². The SMILES string of the molecule is CC(=O)Nc1cc(NC(=O)c2ccc(OC(F)F)cc2)ccc1F. The van der Waals surface area contributed by atoms with Crippen LogP contribution < -0.4 is 15.4 Å². The Kier molecular flexibility index (Phi) is 5.41. The number of anilines is 2. The van der Waals surface area contributed by atoms with E-state index in [1.165, 1.54) is 43.3 Å². The normalized spacial score (nSPS) is 10.4. The molecule has 0 aliphatic rings. The molecule has 0 fully saturated rings. The largest absolute Gasteiger partial charge is 0.435 e. The van der Waals surface area contributed by atoms with Crippen LogP contribution in [-0.4, -0.2) is 18.4 Å². The molecule has 0 unspecified atom stereocenters. The summed E-state index contributed by atoms with van der Waals surface area (Å²) in [5.74, 6) is -1.70. The van der Waals surface area contributed by atoms with E-state index < -0.39 is 24.2 Å². The van der Waals surface area contributed by atoms with Crippen LogP contribution in [0.4, 0.5) is 24.5 Å². The smallest absolute Gasteiger partial charge is 0.387 e. The van der Waals surface area contributed by atoms with Crippen molar-refractivity contribution in [1.82, 2.24) is 0 Å². The average Bonchev–Trinajstić information content (AvgIpc) is 2.50. The molecule has 2 aromatic carbocycles. The Hall–Kier alpha value is -3.03. The van der Waals surface area contributed by atoms with Gasteiger partial charge in [-0.3, -0.25) is 9.59 Å². The molecule has 5 nitrogen and oxygen atoms in total. The first-order chi connectivity index (χ1) is 11.3. The molecular weight excluding hydrogens is 325 g/mol. The maximum atomic E-state index is 13.5. The molecule has 0 saturated carbocycles. The minimum Gasteiger partial charge on any atom is -0.435 e. The van der Waals surface area contributed by atoms with Crippen LogP contribution in [0.5, 0.6) is 5.75 Å². The summed E-state index contributed by atoms with van der Waals surface area (Å²) in [7, 11) is 0. The molecular formula is C16H13F3N2O3. The van der Waals surface area contributed by atoms with Gasteiger partial charge in [-0.25, -0.2) is 4.39 Å². The van der Waals surface area contributed by atoms with Crippen LogP contribution in [0.3, 0.4) is 0 Å². The van der Waals surface area contributed by atoms with Gasteiger partial charge in [0.2, 0.25) is 5.91 Å². The fourth-order valence-electron chi connectivity index (χ4n) is 1.88. The summed E-state index contributed by atoms with van der Waals surface area (Å²) < 4.78 is 41.9. The predicted octanol–water partition coefficient (Wildman–Crippen LogP) is 3.64. The third kappa shape index (κ3) is 4.73. The summed E-state index contributed by atoms with van der Waals surface area (Å²) in [5.41, 5.74) is 0.390. The third-order valence-corrected chi connectivity index (χ3v) is 2.88. The van der Waals surface area contributed by atoms with E-state index in [1.807, 2.05) is 0 Å². The van der Waals surface area contributed by atoms with Gasteiger partial charge in [0.15, 0.2) is 0 Å². The Morgan fingerprint density at radius 3 is 2.29 bits per heavy atom. The number of ether oxygens (including phenoxy) is 1. The quantitative estimate of drug-likeness (QED) is 0.875. The molecule has 8 heteroatoms. The summed E-state index contributed by atoms with van der Waals surface area (Å²) in [6.45, 7) is -1.72. The van der Waals surface area contributed by atoms with Crippen molar-refractivity contribution in [2.75, 3.05) is 10.6 Å². The number of amides is 2. The summed E-state index contributed by atoms with van der Waals surface area (Å²) in [6.07, 6.45) is 0. The van der Waals surface area contributed by atoms with Gasteiger partial charge in [0.1, 0.15) is 11.6 Å². The molecule has 2 aromatic rings. The van der Waals surface area contributed by atoms with Crippen molar-refractivity contribution in [2.45, 2.75) is 13.5 Å². The third-order valence-electron chi connectivity index (χ3n) is 2.88. The highest BCUT2D eigenvalue weighted by molar-refractivity contribution is 6.04. The lowest BCUT2D eigenvalue weighted by atomic mass is 10.2. The number of nitrogens with one attached hydrogen (secondary N) is 2. The number of alkyl halides is 2. The molecule has 0 aliphatic heterocycles. The van der Waals surface area contributed by atoms with E-state index in [9.17, 15) is 22.8 Å². The fraction of sp³-hybridized carbons (Fsp3) is 0.125. The first-order valence-electron chi connectivity index (χ1n) is 6.78. The molecule has 0 heterocycles. The van der Waals surface area contributed by atoms with Crippen molar-refractivity contribution in [3.63, 3.8) is 0 Å². The van der Waals surface area contributed by atoms with E-state index in [0.29, 0.717) is 0 Å². The van der Waals surface area contributed by atoms with E-state index >= 15 is 0 Å². The van der Waals surface area contributed by atoms with E-state index in [2.05, 4.69) is 15.4 Å². The predicted molar refractivity (Wildman–Crippen MR) is 81.7 cm³/mol. The second-order valence-electron chi connectivity index (χ2n) is 4.73. The summed E-state index contributed by atoms with van der Waals surface area (Å²) >= 11 is 0. The number of hydrogen-bond donors (Lipinski definition) is 2. The van der Waals surface area contributed by atoms with Gasteiger partial charge in [0.05, 0.1) is 5.69 Å². The molecule has 0 spiro atoms. The maximum absolute atomic E-state index is 13.5. The maximum Gasteiger partial charge on any atom is 0.387 e. The van der Waals surface area contributed by atoms with Gasteiger partial charge in [-0.2, -0.15) is 8.78 Å². The molecule has 2 rings (SSSR count). The second kappa shape index (κ2) is 7.49. The Balaban J connectivity index is 2.10. The minimum absolute atomic E-state index is 0.0685. The van der Waals surface area contributed by atoms with Crippen LogP contribution in [0.2, 0.25) is 0 Å². The molecule has 2 amide bonds. The van der Waals surface area contributed by atoms with Crippen LogP contribution in [0, 0.1) is 5.82 Å². The van der Waals surface area contributed by atoms with Gasteiger partial charge in [-0.15, -0.1) is 0 Å². The zero-order valence-corrected chi connectivity index (χ0v) is 12.5. The molecule has 126 valence electrons. The lowest BCUT2D eigenvalue weighted by molar-refractivity contribution is -0.114.